The van der Waals surface area contributed by atoms with E-state index in [4.69, 9.17) is 12.2 Å². The third kappa shape index (κ3) is 4.76. The van der Waals surface area contributed by atoms with Crippen molar-refractivity contribution in [1.82, 2.24) is 4.57 Å². The van der Waals surface area contributed by atoms with Gasteiger partial charge in [0.15, 0.2) is 4.32 Å². The Kier molecular flexibility index (Phi) is 6.23. The fourth-order valence-corrected chi connectivity index (χ4v) is 5.22. The fraction of sp³-hybridized carbons (Fsp3) is 0.0741. The van der Waals surface area contributed by atoms with Crippen molar-refractivity contribution in [3.05, 3.63) is 101 Å². The molecule has 0 saturated carbocycles. The molecule has 174 valence electrons. The molecule has 1 aliphatic heterocycles. The summed E-state index contributed by atoms with van der Waals surface area (Å²) in [5, 5.41) is 3.70. The number of benzene rings is 3. The quantitative estimate of drug-likeness (QED) is 0.264. The van der Waals surface area contributed by atoms with E-state index < -0.39 is 0 Å². The van der Waals surface area contributed by atoms with E-state index in [1.165, 1.54) is 36.0 Å². The molecular formula is C27H20FN3O2S2. The summed E-state index contributed by atoms with van der Waals surface area (Å²) in [6.45, 7) is 2.06. The van der Waals surface area contributed by atoms with Crippen LogP contribution in [0.15, 0.2) is 83.9 Å². The van der Waals surface area contributed by atoms with Gasteiger partial charge in [-0.25, -0.2) is 4.39 Å². The zero-order valence-electron chi connectivity index (χ0n) is 18.7. The van der Waals surface area contributed by atoms with E-state index in [1.807, 2.05) is 72.3 Å². The predicted octanol–water partition coefficient (Wildman–Crippen LogP) is 6.13. The van der Waals surface area contributed by atoms with Gasteiger partial charge in [0.05, 0.1) is 10.6 Å². The van der Waals surface area contributed by atoms with Crippen molar-refractivity contribution < 1.29 is 14.0 Å². The van der Waals surface area contributed by atoms with Gasteiger partial charge in [-0.05, 0) is 55.5 Å². The minimum atomic E-state index is -0.364. The molecule has 1 saturated heterocycles. The lowest BCUT2D eigenvalue weighted by Crippen LogP contribution is -2.27. The zero-order chi connectivity index (χ0) is 24.5. The summed E-state index contributed by atoms with van der Waals surface area (Å²) < 4.78 is 15.5. The van der Waals surface area contributed by atoms with E-state index in [9.17, 15) is 14.0 Å². The summed E-state index contributed by atoms with van der Waals surface area (Å²) in [7, 11) is 0. The van der Waals surface area contributed by atoms with Crippen LogP contribution in [0.1, 0.15) is 11.1 Å². The topological polar surface area (TPSA) is 54.3 Å². The van der Waals surface area contributed by atoms with Crippen molar-refractivity contribution >= 4 is 68.5 Å². The van der Waals surface area contributed by atoms with Crippen LogP contribution in [0.25, 0.3) is 17.0 Å². The largest absolute Gasteiger partial charge is 0.337 e. The first-order valence-corrected chi connectivity index (χ1v) is 12.1. The highest BCUT2D eigenvalue weighted by Gasteiger charge is 2.33. The van der Waals surface area contributed by atoms with Crippen molar-refractivity contribution in [2.45, 2.75) is 13.5 Å². The van der Waals surface area contributed by atoms with Crippen LogP contribution in [0.3, 0.4) is 0 Å². The first kappa shape index (κ1) is 23.0. The van der Waals surface area contributed by atoms with Gasteiger partial charge in [0, 0.05) is 28.4 Å². The second-order valence-corrected chi connectivity index (χ2v) is 9.81. The molecule has 1 N–H and O–H groups in total. The van der Waals surface area contributed by atoms with Gasteiger partial charge in [-0.15, -0.1) is 0 Å². The van der Waals surface area contributed by atoms with Crippen LogP contribution in [-0.2, 0) is 16.1 Å². The number of hydrogen-bond acceptors (Lipinski definition) is 4. The van der Waals surface area contributed by atoms with Crippen molar-refractivity contribution in [3.63, 3.8) is 0 Å². The molecule has 8 heteroatoms. The van der Waals surface area contributed by atoms with Crippen molar-refractivity contribution in [1.29, 1.82) is 0 Å². The molecule has 35 heavy (non-hydrogen) atoms. The van der Waals surface area contributed by atoms with Gasteiger partial charge < -0.3 is 9.88 Å². The molecule has 0 aliphatic carbocycles. The van der Waals surface area contributed by atoms with Crippen LogP contribution in [0.2, 0.25) is 0 Å². The normalized spacial score (nSPS) is 14.8. The molecule has 0 spiro atoms. The number of nitrogens with zero attached hydrogens (tertiary/aromatic N) is 2. The van der Waals surface area contributed by atoms with E-state index in [-0.39, 0.29) is 24.2 Å². The first-order chi connectivity index (χ1) is 16.9. The van der Waals surface area contributed by atoms with E-state index in [0.717, 1.165) is 27.7 Å². The number of para-hydroxylation sites is 1. The second-order valence-electron chi connectivity index (χ2n) is 8.14. The number of hydrogen-bond donors (Lipinski definition) is 1. The third-order valence-corrected chi connectivity index (χ3v) is 6.94. The third-order valence-electron chi connectivity index (χ3n) is 5.63. The van der Waals surface area contributed by atoms with Crippen LogP contribution in [-0.4, -0.2) is 20.7 Å². The molecule has 1 aliphatic rings. The Balaban J connectivity index is 1.42. The van der Waals surface area contributed by atoms with Gasteiger partial charge in [0.25, 0.3) is 5.91 Å². The number of carbonyl (C=O) groups excluding carboxylic acids is 2. The molecule has 5 rings (SSSR count). The number of amides is 2. The van der Waals surface area contributed by atoms with Gasteiger partial charge in [0.1, 0.15) is 12.4 Å². The second kappa shape index (κ2) is 9.48. The monoisotopic (exact) mass is 501 g/mol. The average molecular weight is 502 g/mol. The van der Waals surface area contributed by atoms with Crippen molar-refractivity contribution in [3.8, 4) is 0 Å². The molecule has 0 unspecified atom stereocenters. The SMILES string of the molecule is Cc1ccc(N2C(=O)/C(=C\c3cn(CC(=O)Nc4ccc(F)cc4)c4ccccc34)SC2=S)cc1. The molecule has 0 atom stereocenters. The highest BCUT2D eigenvalue weighted by molar-refractivity contribution is 8.27. The Labute approximate surface area is 211 Å². The lowest BCUT2D eigenvalue weighted by Gasteiger charge is -2.14. The molecule has 1 fully saturated rings. The Morgan fingerprint density at radius 3 is 2.51 bits per heavy atom. The van der Waals surface area contributed by atoms with Crippen LogP contribution >= 0.6 is 24.0 Å². The molecule has 2 heterocycles. The number of nitrogens with one attached hydrogen (secondary N) is 1. The van der Waals surface area contributed by atoms with Crippen LogP contribution in [0.4, 0.5) is 15.8 Å². The Bertz CT molecular complexity index is 1490. The number of thiocarbonyl (C=S) groups is 1. The lowest BCUT2D eigenvalue weighted by atomic mass is 10.1. The van der Waals surface area contributed by atoms with Gasteiger partial charge in [-0.1, -0.05) is 59.9 Å². The number of anilines is 2. The van der Waals surface area contributed by atoms with E-state index in [2.05, 4.69) is 5.32 Å². The maximum absolute atomic E-state index is 13.2. The number of fused-ring (bicyclic) bond motifs is 1. The first-order valence-electron chi connectivity index (χ1n) is 10.9. The van der Waals surface area contributed by atoms with Gasteiger partial charge >= 0.3 is 0 Å². The van der Waals surface area contributed by atoms with Crippen LogP contribution in [0, 0.1) is 12.7 Å². The standard InChI is InChI=1S/C27H20FN3O2S2/c1-17-6-12-21(13-7-17)31-26(33)24(35-27(31)34)14-18-15-30(23-5-3-2-4-22(18)23)16-25(32)29-20-10-8-19(28)9-11-20/h2-15H,16H2,1H3,(H,29,32)/b24-14+. The van der Waals surface area contributed by atoms with Gasteiger partial charge in [0.2, 0.25) is 5.91 Å². The van der Waals surface area contributed by atoms with Crippen molar-refractivity contribution in [2.24, 2.45) is 0 Å². The molecule has 4 aromatic rings. The minimum absolute atomic E-state index is 0.0655. The molecule has 2 amide bonds. The van der Waals surface area contributed by atoms with Gasteiger partial charge in [-0.3, -0.25) is 14.5 Å². The van der Waals surface area contributed by atoms with Crippen LogP contribution < -0.4 is 10.2 Å². The van der Waals surface area contributed by atoms with E-state index in [1.54, 1.807) is 4.90 Å². The fourth-order valence-electron chi connectivity index (χ4n) is 3.93. The lowest BCUT2D eigenvalue weighted by molar-refractivity contribution is -0.116. The number of aryl methyl sites for hydroxylation is 1. The minimum Gasteiger partial charge on any atom is -0.337 e. The maximum atomic E-state index is 13.2. The number of aromatic nitrogens is 1. The smallest absolute Gasteiger partial charge is 0.270 e. The highest BCUT2D eigenvalue weighted by atomic mass is 32.2. The summed E-state index contributed by atoms with van der Waals surface area (Å²) >= 11 is 6.76. The van der Waals surface area contributed by atoms with Crippen molar-refractivity contribution in [2.75, 3.05) is 10.2 Å². The number of rotatable bonds is 5. The summed E-state index contributed by atoms with van der Waals surface area (Å²) in [5.41, 5.74) is 4.04. The van der Waals surface area contributed by atoms with Gasteiger partial charge in [-0.2, -0.15) is 0 Å². The summed E-state index contributed by atoms with van der Waals surface area (Å²) in [5.74, 6) is -0.777. The van der Waals surface area contributed by atoms with E-state index in [0.29, 0.717) is 14.9 Å². The predicted molar refractivity (Wildman–Crippen MR) is 144 cm³/mol. The summed E-state index contributed by atoms with van der Waals surface area (Å²) in [6, 6.07) is 21.0. The molecular weight excluding hydrogens is 481 g/mol. The highest BCUT2D eigenvalue weighted by Crippen LogP contribution is 2.37. The number of halogens is 1. The maximum Gasteiger partial charge on any atom is 0.270 e. The summed E-state index contributed by atoms with van der Waals surface area (Å²) in [6.07, 6.45) is 3.68. The Morgan fingerprint density at radius 2 is 1.77 bits per heavy atom. The molecule has 0 radical (unpaired) electrons. The van der Waals surface area contributed by atoms with E-state index >= 15 is 0 Å². The van der Waals surface area contributed by atoms with Crippen LogP contribution in [0.5, 0.6) is 0 Å². The number of carbonyl (C=O) groups is 2. The average Bonchev–Trinajstić information content (AvgIpc) is 3.32. The molecule has 0 bridgehead atoms. The molecule has 3 aromatic carbocycles. The Hall–Kier alpha value is -3.75. The number of thioether (sulfide) groups is 1. The molecule has 1 aromatic heterocycles. The summed E-state index contributed by atoms with van der Waals surface area (Å²) in [4.78, 5) is 27.9. The Morgan fingerprint density at radius 1 is 1.06 bits per heavy atom. The zero-order valence-corrected chi connectivity index (χ0v) is 20.3. The molecule has 5 nitrogen and oxygen atoms in total.